The smallest absolute Gasteiger partial charge is 0.326 e. The van der Waals surface area contributed by atoms with Gasteiger partial charge in [-0.15, -0.1) is 23.2 Å². The van der Waals surface area contributed by atoms with Crippen molar-refractivity contribution in [1.82, 2.24) is 0 Å². The van der Waals surface area contributed by atoms with E-state index in [9.17, 15) is 40.7 Å². The third-order valence-corrected chi connectivity index (χ3v) is 9.31. The van der Waals surface area contributed by atoms with Crippen LogP contribution in [0.4, 0.5) is 36.4 Å². The maximum Gasteiger partial charge on any atom is 0.453 e. The number of hydrogen-bond donors (Lipinski definition) is 1. The average molecular weight is 752 g/mol. The minimum absolute atomic E-state index is 0.0874. The monoisotopic (exact) mass is 749 g/mol. The lowest BCUT2D eigenvalue weighted by molar-refractivity contribution is -0.284. The summed E-state index contributed by atoms with van der Waals surface area (Å²) in [5.41, 5.74) is -0.812. The van der Waals surface area contributed by atoms with Crippen molar-refractivity contribution in [2.75, 3.05) is 5.32 Å². The fourth-order valence-electron chi connectivity index (χ4n) is 4.75. The molecule has 0 aliphatic heterocycles. The summed E-state index contributed by atoms with van der Waals surface area (Å²) in [7, 11) is 0. The van der Waals surface area contributed by atoms with Crippen molar-refractivity contribution < 1.29 is 45.1 Å². The van der Waals surface area contributed by atoms with Gasteiger partial charge in [-0.3, -0.25) is 14.4 Å². The van der Waals surface area contributed by atoms with Crippen LogP contribution >= 0.6 is 58.0 Å². The molecule has 1 aliphatic rings. The van der Waals surface area contributed by atoms with Gasteiger partial charge in [-0.05, 0) is 47.5 Å². The highest BCUT2D eigenvalue weighted by molar-refractivity contribution is 6.53. The van der Waals surface area contributed by atoms with E-state index < -0.39 is 94.2 Å². The highest BCUT2D eigenvalue weighted by Crippen LogP contribution is 2.65. The largest absolute Gasteiger partial charge is 0.453 e. The molecule has 0 aromatic heterocycles. The van der Waals surface area contributed by atoms with Gasteiger partial charge >= 0.3 is 12.1 Å². The zero-order valence-corrected chi connectivity index (χ0v) is 26.6. The number of Topliss-reactive ketones (excluding diaryl/α,β-unsaturated/α-hetero) is 2. The van der Waals surface area contributed by atoms with E-state index in [0.29, 0.717) is 5.56 Å². The minimum Gasteiger partial charge on any atom is -0.326 e. The van der Waals surface area contributed by atoms with E-state index in [1.165, 1.54) is 30.3 Å². The number of carbonyl (C=O) groups is 3. The Morgan fingerprint density at radius 3 is 2.11 bits per heavy atom. The van der Waals surface area contributed by atoms with Gasteiger partial charge in [0.05, 0.1) is 21.0 Å². The Hall–Kier alpha value is -2.57. The van der Waals surface area contributed by atoms with Crippen molar-refractivity contribution in [1.29, 1.82) is 0 Å². The van der Waals surface area contributed by atoms with Crippen molar-refractivity contribution in [2.24, 2.45) is 5.92 Å². The Bertz CT molecular complexity index is 1710. The number of benzene rings is 3. The first-order valence-electron chi connectivity index (χ1n) is 13.1. The molecule has 4 rings (SSSR count). The molecule has 2 atom stereocenters. The molecule has 1 aliphatic carbocycles. The minimum atomic E-state index is -5.89. The Labute approximate surface area is 282 Å². The zero-order chi connectivity index (χ0) is 34.4. The van der Waals surface area contributed by atoms with Crippen molar-refractivity contribution in [3.05, 3.63) is 97.5 Å². The highest BCUT2D eigenvalue weighted by Gasteiger charge is 2.67. The third-order valence-electron chi connectivity index (χ3n) is 7.30. The van der Waals surface area contributed by atoms with Gasteiger partial charge in [0.1, 0.15) is 21.8 Å². The molecule has 1 amide bonds. The normalized spacial score (nSPS) is 17.5. The Kier molecular flexibility index (Phi) is 10.6. The van der Waals surface area contributed by atoms with Crippen LogP contribution < -0.4 is 5.32 Å². The van der Waals surface area contributed by atoms with Gasteiger partial charge in [-0.1, -0.05) is 46.9 Å². The second kappa shape index (κ2) is 13.5. The van der Waals surface area contributed by atoms with Crippen LogP contribution in [0.1, 0.15) is 45.8 Å². The lowest BCUT2D eigenvalue weighted by atomic mass is 9.96. The third kappa shape index (κ3) is 7.76. The molecular formula is C30H19Cl5F7NO3. The van der Waals surface area contributed by atoms with E-state index in [2.05, 4.69) is 5.32 Å². The van der Waals surface area contributed by atoms with Gasteiger partial charge in [0.2, 0.25) is 5.91 Å². The van der Waals surface area contributed by atoms with Crippen LogP contribution in [0.3, 0.4) is 0 Å². The summed E-state index contributed by atoms with van der Waals surface area (Å²) in [5, 5.41) is 3.03. The van der Waals surface area contributed by atoms with Crippen LogP contribution in [-0.4, -0.2) is 33.9 Å². The second-order valence-corrected chi connectivity index (χ2v) is 13.2. The van der Waals surface area contributed by atoms with Crippen molar-refractivity contribution in [3.8, 4) is 0 Å². The van der Waals surface area contributed by atoms with Gasteiger partial charge in [0.15, 0.2) is 5.78 Å². The number of alkyl halides is 7. The average Bonchev–Trinajstić information content (AvgIpc) is 3.55. The molecular weight excluding hydrogens is 733 g/mol. The molecule has 1 saturated carbocycles. The number of nitrogens with one attached hydrogen (secondary N) is 1. The van der Waals surface area contributed by atoms with Gasteiger partial charge in [-0.25, -0.2) is 8.78 Å². The molecule has 246 valence electrons. The molecule has 0 saturated heterocycles. The maximum atomic E-state index is 15.2. The lowest BCUT2D eigenvalue weighted by Crippen LogP contribution is -2.36. The van der Waals surface area contributed by atoms with E-state index in [0.717, 1.165) is 12.1 Å². The highest BCUT2D eigenvalue weighted by atomic mass is 35.5. The van der Waals surface area contributed by atoms with Gasteiger partial charge in [-0.2, -0.15) is 22.0 Å². The Balaban J connectivity index is 1.46. The summed E-state index contributed by atoms with van der Waals surface area (Å²) in [6.45, 7) is 0. The molecule has 0 radical (unpaired) electrons. The number of ketones is 2. The van der Waals surface area contributed by atoms with Crippen LogP contribution in [-0.2, 0) is 22.4 Å². The zero-order valence-electron chi connectivity index (χ0n) is 22.9. The van der Waals surface area contributed by atoms with Gasteiger partial charge in [0, 0.05) is 48.4 Å². The first kappa shape index (κ1) is 36.3. The van der Waals surface area contributed by atoms with E-state index in [4.69, 9.17) is 58.0 Å². The summed E-state index contributed by atoms with van der Waals surface area (Å²) in [6.07, 6.45) is -10.9. The molecule has 0 bridgehead atoms. The summed E-state index contributed by atoms with van der Waals surface area (Å²) in [5.74, 6) is -12.0. The van der Waals surface area contributed by atoms with Crippen LogP contribution in [0.5, 0.6) is 0 Å². The Morgan fingerprint density at radius 2 is 1.48 bits per heavy atom. The van der Waals surface area contributed by atoms with Gasteiger partial charge in [0.25, 0.3) is 0 Å². The molecule has 16 heteroatoms. The van der Waals surface area contributed by atoms with Crippen LogP contribution in [0.25, 0.3) is 0 Å². The molecule has 0 heterocycles. The quantitative estimate of drug-likeness (QED) is 0.121. The molecule has 46 heavy (non-hydrogen) atoms. The Morgan fingerprint density at radius 1 is 0.826 bits per heavy atom. The van der Waals surface area contributed by atoms with Crippen LogP contribution in [0.15, 0.2) is 48.5 Å². The number of carbonyl (C=O) groups excluding carboxylic acids is 3. The molecule has 3 aromatic rings. The molecule has 1 N–H and O–H groups in total. The fourth-order valence-corrected chi connectivity index (χ4v) is 6.10. The number of amides is 1. The number of hydrogen-bond acceptors (Lipinski definition) is 3. The first-order chi connectivity index (χ1) is 21.2. The fraction of sp³-hybridized carbons (Fsp3) is 0.300. The summed E-state index contributed by atoms with van der Waals surface area (Å²) >= 11 is 30.9. The van der Waals surface area contributed by atoms with Crippen molar-refractivity contribution >= 4 is 81.2 Å². The van der Waals surface area contributed by atoms with Gasteiger partial charge < -0.3 is 5.32 Å². The number of rotatable bonds is 11. The second-order valence-electron chi connectivity index (χ2n) is 10.5. The summed E-state index contributed by atoms with van der Waals surface area (Å²) in [6, 6.07) is 10.2. The molecule has 0 unspecified atom stereocenters. The maximum absolute atomic E-state index is 15.2. The molecule has 4 nitrogen and oxygen atoms in total. The predicted molar refractivity (Wildman–Crippen MR) is 161 cm³/mol. The molecule has 0 spiro atoms. The van der Waals surface area contributed by atoms with Crippen molar-refractivity contribution in [3.63, 3.8) is 0 Å². The van der Waals surface area contributed by atoms with Crippen LogP contribution in [0.2, 0.25) is 15.1 Å². The van der Waals surface area contributed by atoms with E-state index in [1.807, 2.05) is 0 Å². The number of anilines is 1. The SMILES string of the molecule is O=C(CCC(F)(F)C(F)(F)F)Cc1c(F)ccc(CC(=O)c2cc(NC(=O)[C@H]3[C@H](c4ccc(Cl)c(Cl)c4)C3(Cl)Cl)ccc2Cl)c1F. The summed E-state index contributed by atoms with van der Waals surface area (Å²) < 4.78 is 91.5. The molecule has 3 aromatic carbocycles. The van der Waals surface area contributed by atoms with E-state index >= 15 is 4.39 Å². The first-order valence-corrected chi connectivity index (χ1v) is 15.0. The summed E-state index contributed by atoms with van der Waals surface area (Å²) in [4.78, 5) is 38.2. The lowest BCUT2D eigenvalue weighted by Gasteiger charge is -2.19. The van der Waals surface area contributed by atoms with E-state index in [1.54, 1.807) is 6.07 Å². The van der Waals surface area contributed by atoms with Crippen molar-refractivity contribution in [2.45, 2.75) is 48.0 Å². The predicted octanol–water partition coefficient (Wildman–Crippen LogP) is 9.97. The number of halogens is 12. The standard InChI is InChI=1S/C30H19Cl5F7NO3/c31-19-5-3-15(43-27(46)25-24(29(25,34)35)13-1-4-20(32)21(33)9-13)11-17(19)23(45)10-14-2-6-22(36)18(26(14)37)12-16(44)7-8-28(38,39)30(40,41)42/h1-6,9,11,24-25H,7-8,10,12H2,(H,43,46)/t24-,25+/m0/s1. The molecule has 1 fully saturated rings. The van der Waals surface area contributed by atoms with Crippen LogP contribution in [0, 0.1) is 17.6 Å². The topological polar surface area (TPSA) is 63.2 Å². The van der Waals surface area contributed by atoms with E-state index in [-0.39, 0.29) is 26.3 Å².